The average molecular weight is 245 g/mol. The lowest BCUT2D eigenvalue weighted by molar-refractivity contribution is 0.0865. The summed E-state index contributed by atoms with van der Waals surface area (Å²) in [4.78, 5) is 12.3. The molecule has 0 bridgehead atoms. The minimum atomic E-state index is -0.174. The van der Waals surface area contributed by atoms with E-state index in [1.54, 1.807) is 0 Å². The zero-order valence-electron chi connectivity index (χ0n) is 11.1. The van der Waals surface area contributed by atoms with E-state index in [1.807, 2.05) is 45.0 Å². The Kier molecular flexibility index (Phi) is 3.53. The highest BCUT2D eigenvalue weighted by atomic mass is 16.3. The third-order valence-corrected chi connectivity index (χ3v) is 3.31. The molecule has 0 saturated carbocycles. The Morgan fingerprint density at radius 1 is 1.33 bits per heavy atom. The Labute approximate surface area is 107 Å². The number of carbonyl (C=O) groups excluding carboxylic acids is 1. The van der Waals surface area contributed by atoms with Gasteiger partial charge >= 0.3 is 0 Å². The molecular formula is C15H19NO2. The number of aryl methyl sites for hydroxylation is 1. The zero-order chi connectivity index (χ0) is 13.3. The van der Waals surface area contributed by atoms with Gasteiger partial charge in [0.15, 0.2) is 5.76 Å². The number of benzene rings is 1. The molecule has 18 heavy (non-hydrogen) atoms. The van der Waals surface area contributed by atoms with Gasteiger partial charge in [-0.25, -0.2) is 0 Å². The van der Waals surface area contributed by atoms with Crippen molar-refractivity contribution >= 4 is 16.8 Å². The van der Waals surface area contributed by atoms with Crippen LogP contribution in [0.2, 0.25) is 0 Å². The van der Waals surface area contributed by atoms with Crippen LogP contribution in [0.25, 0.3) is 11.0 Å². The van der Waals surface area contributed by atoms with Crippen LogP contribution in [0.1, 0.15) is 30.0 Å². The lowest BCUT2D eigenvalue weighted by atomic mass is 9.90. The lowest BCUT2D eigenvalue weighted by Gasteiger charge is -2.15. The summed E-state index contributed by atoms with van der Waals surface area (Å²) in [5.74, 6) is 0.463. The molecule has 0 amide bonds. The maximum absolute atomic E-state index is 12.3. The maximum Gasteiger partial charge on any atom is 0.202 e. The van der Waals surface area contributed by atoms with E-state index < -0.39 is 0 Å². The van der Waals surface area contributed by atoms with Gasteiger partial charge in [-0.3, -0.25) is 4.79 Å². The Morgan fingerprint density at radius 3 is 2.67 bits per heavy atom. The molecule has 3 nitrogen and oxygen atoms in total. The van der Waals surface area contributed by atoms with Gasteiger partial charge in [0.25, 0.3) is 0 Å². The number of nitrogens with two attached hydrogens (primary N) is 1. The van der Waals surface area contributed by atoms with Gasteiger partial charge in [0.1, 0.15) is 5.58 Å². The van der Waals surface area contributed by atoms with Gasteiger partial charge in [-0.15, -0.1) is 0 Å². The molecule has 1 unspecified atom stereocenters. The molecular weight excluding hydrogens is 226 g/mol. The molecule has 2 rings (SSSR count). The van der Waals surface area contributed by atoms with E-state index >= 15 is 0 Å². The monoisotopic (exact) mass is 245 g/mol. The number of fused-ring (bicyclic) bond motifs is 1. The Balaban J connectivity index is 2.39. The molecule has 0 aliphatic rings. The van der Waals surface area contributed by atoms with Crippen molar-refractivity contribution < 1.29 is 9.21 Å². The molecule has 0 saturated heterocycles. The van der Waals surface area contributed by atoms with E-state index in [1.165, 1.54) is 0 Å². The predicted molar refractivity (Wildman–Crippen MR) is 72.7 cm³/mol. The summed E-state index contributed by atoms with van der Waals surface area (Å²) in [5, 5.41) is 0.970. The average Bonchev–Trinajstić information content (AvgIpc) is 2.72. The number of carbonyl (C=O) groups is 1. The molecule has 2 N–H and O–H groups in total. The van der Waals surface area contributed by atoms with E-state index in [4.69, 9.17) is 10.2 Å². The second-order valence-corrected chi connectivity index (χ2v) is 5.10. The standard InChI is InChI=1S/C15H19NO2/c1-9(2)12(8-16)15(17)14-7-11-6-10(3)4-5-13(11)18-14/h4-7,9,12H,8,16H2,1-3H3. The smallest absolute Gasteiger partial charge is 0.202 e. The van der Waals surface area contributed by atoms with Crippen molar-refractivity contribution in [1.82, 2.24) is 0 Å². The first-order valence-electron chi connectivity index (χ1n) is 6.27. The molecule has 1 atom stereocenters. The fourth-order valence-electron chi connectivity index (χ4n) is 2.15. The summed E-state index contributed by atoms with van der Waals surface area (Å²) < 4.78 is 5.61. The number of ketones is 1. The molecule has 0 aliphatic carbocycles. The normalized spacial score (nSPS) is 13.2. The van der Waals surface area contributed by atoms with Gasteiger partial charge in [0, 0.05) is 17.8 Å². The molecule has 2 aromatic rings. The topological polar surface area (TPSA) is 56.2 Å². The summed E-state index contributed by atoms with van der Waals surface area (Å²) in [5.41, 5.74) is 7.58. The molecule has 96 valence electrons. The van der Waals surface area contributed by atoms with Crippen LogP contribution in [-0.4, -0.2) is 12.3 Å². The Bertz CT molecular complexity index is 569. The zero-order valence-corrected chi connectivity index (χ0v) is 11.1. The van der Waals surface area contributed by atoms with Crippen molar-refractivity contribution in [3.8, 4) is 0 Å². The number of hydrogen-bond acceptors (Lipinski definition) is 3. The van der Waals surface area contributed by atoms with Crippen molar-refractivity contribution in [1.29, 1.82) is 0 Å². The molecule has 0 aliphatic heterocycles. The van der Waals surface area contributed by atoms with E-state index in [-0.39, 0.29) is 17.6 Å². The largest absolute Gasteiger partial charge is 0.453 e. The van der Waals surface area contributed by atoms with E-state index in [0.717, 1.165) is 16.5 Å². The molecule has 1 aromatic carbocycles. The van der Waals surface area contributed by atoms with Crippen LogP contribution in [0.15, 0.2) is 28.7 Å². The summed E-state index contributed by atoms with van der Waals surface area (Å²) >= 11 is 0. The fraction of sp³-hybridized carbons (Fsp3) is 0.400. The third-order valence-electron chi connectivity index (χ3n) is 3.31. The van der Waals surface area contributed by atoms with Crippen molar-refractivity contribution in [2.75, 3.05) is 6.54 Å². The minimum absolute atomic E-state index is 0.00125. The molecule has 0 spiro atoms. The summed E-state index contributed by atoms with van der Waals surface area (Å²) in [6.07, 6.45) is 0. The second kappa shape index (κ2) is 4.94. The second-order valence-electron chi connectivity index (χ2n) is 5.10. The van der Waals surface area contributed by atoms with Crippen LogP contribution in [0.3, 0.4) is 0 Å². The van der Waals surface area contributed by atoms with Crippen LogP contribution < -0.4 is 5.73 Å². The predicted octanol–water partition coefficient (Wildman–Crippen LogP) is 3.15. The van der Waals surface area contributed by atoms with Crippen LogP contribution in [0, 0.1) is 18.8 Å². The molecule has 1 heterocycles. The highest BCUT2D eigenvalue weighted by molar-refractivity contribution is 5.99. The molecule has 0 fully saturated rings. The Morgan fingerprint density at radius 2 is 2.06 bits per heavy atom. The van der Waals surface area contributed by atoms with E-state index in [9.17, 15) is 4.79 Å². The quantitative estimate of drug-likeness (QED) is 0.842. The van der Waals surface area contributed by atoms with E-state index in [2.05, 4.69) is 0 Å². The first kappa shape index (κ1) is 12.8. The Hall–Kier alpha value is -1.61. The highest BCUT2D eigenvalue weighted by Gasteiger charge is 2.24. The van der Waals surface area contributed by atoms with Crippen LogP contribution >= 0.6 is 0 Å². The highest BCUT2D eigenvalue weighted by Crippen LogP contribution is 2.24. The fourth-order valence-corrected chi connectivity index (χ4v) is 2.15. The van der Waals surface area contributed by atoms with Crippen LogP contribution in [-0.2, 0) is 0 Å². The molecule has 3 heteroatoms. The number of furan rings is 1. The molecule has 0 radical (unpaired) electrons. The van der Waals surface area contributed by atoms with Gasteiger partial charge in [0.05, 0.1) is 0 Å². The summed E-state index contributed by atoms with van der Waals surface area (Å²) in [7, 11) is 0. The number of rotatable bonds is 4. The number of hydrogen-bond donors (Lipinski definition) is 1. The van der Waals surface area contributed by atoms with Crippen molar-refractivity contribution in [2.24, 2.45) is 17.6 Å². The molecule has 1 aromatic heterocycles. The maximum atomic E-state index is 12.3. The van der Waals surface area contributed by atoms with Crippen molar-refractivity contribution in [3.63, 3.8) is 0 Å². The third kappa shape index (κ3) is 2.31. The van der Waals surface area contributed by atoms with Crippen LogP contribution in [0.4, 0.5) is 0 Å². The van der Waals surface area contributed by atoms with Gasteiger partial charge < -0.3 is 10.2 Å². The van der Waals surface area contributed by atoms with Gasteiger partial charge in [-0.05, 0) is 31.0 Å². The SMILES string of the molecule is Cc1ccc2oc(C(=O)C(CN)C(C)C)cc2c1. The van der Waals surface area contributed by atoms with Gasteiger partial charge in [-0.1, -0.05) is 25.5 Å². The first-order valence-corrected chi connectivity index (χ1v) is 6.27. The summed E-state index contributed by atoms with van der Waals surface area (Å²) in [6, 6.07) is 7.70. The van der Waals surface area contributed by atoms with Crippen molar-refractivity contribution in [3.05, 3.63) is 35.6 Å². The van der Waals surface area contributed by atoms with Gasteiger partial charge in [-0.2, -0.15) is 0 Å². The van der Waals surface area contributed by atoms with Crippen molar-refractivity contribution in [2.45, 2.75) is 20.8 Å². The number of Topliss-reactive ketones (excluding diaryl/α,β-unsaturated/α-hetero) is 1. The minimum Gasteiger partial charge on any atom is -0.453 e. The lowest BCUT2D eigenvalue weighted by Crippen LogP contribution is -2.28. The van der Waals surface area contributed by atoms with Gasteiger partial charge in [0.2, 0.25) is 5.78 Å². The summed E-state index contributed by atoms with van der Waals surface area (Å²) in [6.45, 7) is 6.38. The first-order chi connectivity index (χ1) is 8.52. The van der Waals surface area contributed by atoms with E-state index in [0.29, 0.717) is 12.3 Å². The van der Waals surface area contributed by atoms with Crippen LogP contribution in [0.5, 0.6) is 0 Å².